The summed E-state index contributed by atoms with van der Waals surface area (Å²) < 4.78 is 0. The molecule has 1 atom stereocenters. The largest absolute Gasteiger partial charge is 0.344 e. The van der Waals surface area contributed by atoms with Crippen LogP contribution in [-0.4, -0.2) is 16.8 Å². The summed E-state index contributed by atoms with van der Waals surface area (Å²) in [5, 5.41) is 5.37. The number of hydrogen-bond donors (Lipinski definition) is 2. The Morgan fingerprint density at radius 1 is 1.00 bits per heavy atom. The van der Waals surface area contributed by atoms with Crippen molar-refractivity contribution in [2.45, 2.75) is 40.3 Å². The zero-order valence-electron chi connectivity index (χ0n) is 14.5. The second-order valence-electron chi connectivity index (χ2n) is 6.03. The van der Waals surface area contributed by atoms with Gasteiger partial charge in [0, 0.05) is 18.9 Å². The lowest BCUT2D eigenvalue weighted by Gasteiger charge is -2.18. The highest BCUT2D eigenvalue weighted by Gasteiger charge is 2.18. The predicted octanol–water partition coefficient (Wildman–Crippen LogP) is 2.50. The highest BCUT2D eigenvalue weighted by molar-refractivity contribution is 6.35. The molecule has 2 N–H and O–H groups in total. The van der Waals surface area contributed by atoms with Crippen molar-refractivity contribution in [1.29, 1.82) is 0 Å². The predicted molar refractivity (Wildman–Crippen MR) is 93.3 cm³/mol. The molecule has 24 heavy (non-hydrogen) atoms. The van der Waals surface area contributed by atoms with Crippen LogP contribution in [0.1, 0.15) is 40.8 Å². The van der Waals surface area contributed by atoms with E-state index in [1.54, 1.807) is 24.5 Å². The van der Waals surface area contributed by atoms with Gasteiger partial charge in [-0.1, -0.05) is 12.1 Å². The van der Waals surface area contributed by atoms with Crippen LogP contribution >= 0.6 is 0 Å². The average Bonchev–Trinajstić information content (AvgIpc) is 2.56. The number of amides is 2. The van der Waals surface area contributed by atoms with Crippen molar-refractivity contribution >= 4 is 11.8 Å². The molecule has 2 rings (SSSR count). The minimum absolute atomic E-state index is 0.233. The number of nitrogens with one attached hydrogen (secondary N) is 2. The molecular formula is C19H23N3O2. The van der Waals surface area contributed by atoms with Crippen LogP contribution in [0.25, 0.3) is 0 Å². The molecule has 0 spiro atoms. The van der Waals surface area contributed by atoms with Crippen molar-refractivity contribution < 1.29 is 9.59 Å². The molecule has 0 bridgehead atoms. The van der Waals surface area contributed by atoms with E-state index in [1.165, 1.54) is 11.1 Å². The maximum absolute atomic E-state index is 12.1. The van der Waals surface area contributed by atoms with Crippen LogP contribution in [0, 0.1) is 20.8 Å². The summed E-state index contributed by atoms with van der Waals surface area (Å²) in [6.45, 7) is 8.28. The van der Waals surface area contributed by atoms with Crippen molar-refractivity contribution in [3.63, 3.8) is 0 Å². The van der Waals surface area contributed by atoms with Crippen LogP contribution in [0.2, 0.25) is 0 Å². The van der Waals surface area contributed by atoms with Gasteiger partial charge in [0.15, 0.2) is 0 Å². The van der Waals surface area contributed by atoms with Gasteiger partial charge in [0.2, 0.25) is 0 Å². The zero-order valence-corrected chi connectivity index (χ0v) is 14.5. The Hall–Kier alpha value is -2.69. The lowest BCUT2D eigenvalue weighted by atomic mass is 9.96. The standard InChI is InChI=1S/C19H23N3O2/c1-12-9-14(3)17(10-13(12)2)15(4)22-19(24)18(23)21-11-16-5-7-20-8-6-16/h5-10,15H,11H2,1-4H3,(H,21,23)(H,22,24). The van der Waals surface area contributed by atoms with Crippen LogP contribution in [0.4, 0.5) is 0 Å². The number of carbonyl (C=O) groups excluding carboxylic acids is 2. The molecule has 1 aromatic heterocycles. The van der Waals surface area contributed by atoms with Crippen LogP contribution in [0.5, 0.6) is 0 Å². The van der Waals surface area contributed by atoms with E-state index in [1.807, 2.05) is 20.8 Å². The highest BCUT2D eigenvalue weighted by Crippen LogP contribution is 2.21. The van der Waals surface area contributed by atoms with Crippen LogP contribution in [-0.2, 0) is 16.1 Å². The van der Waals surface area contributed by atoms with E-state index in [9.17, 15) is 9.59 Å². The van der Waals surface area contributed by atoms with Gasteiger partial charge in [-0.2, -0.15) is 0 Å². The third-order valence-corrected chi connectivity index (χ3v) is 4.11. The molecule has 5 nitrogen and oxygen atoms in total. The van der Waals surface area contributed by atoms with Gasteiger partial charge in [0.1, 0.15) is 0 Å². The van der Waals surface area contributed by atoms with Gasteiger partial charge in [-0.15, -0.1) is 0 Å². The van der Waals surface area contributed by atoms with Gasteiger partial charge in [0.25, 0.3) is 0 Å². The number of benzene rings is 1. The van der Waals surface area contributed by atoms with Gasteiger partial charge in [-0.3, -0.25) is 14.6 Å². The minimum atomic E-state index is -0.639. The van der Waals surface area contributed by atoms with E-state index < -0.39 is 11.8 Å². The van der Waals surface area contributed by atoms with Gasteiger partial charge in [-0.05, 0) is 67.6 Å². The van der Waals surface area contributed by atoms with Gasteiger partial charge in [0.05, 0.1) is 6.04 Å². The fourth-order valence-corrected chi connectivity index (χ4v) is 2.55. The summed E-state index contributed by atoms with van der Waals surface area (Å²) in [5.74, 6) is -1.27. The smallest absolute Gasteiger partial charge is 0.309 e. The number of pyridine rings is 1. The molecule has 0 aliphatic carbocycles. The zero-order chi connectivity index (χ0) is 17.7. The first-order valence-electron chi connectivity index (χ1n) is 7.94. The normalized spacial score (nSPS) is 11.7. The molecule has 1 heterocycles. The first-order valence-corrected chi connectivity index (χ1v) is 7.94. The third-order valence-electron chi connectivity index (χ3n) is 4.11. The number of aromatic nitrogens is 1. The fraction of sp³-hybridized carbons (Fsp3) is 0.316. The number of rotatable bonds is 4. The maximum Gasteiger partial charge on any atom is 0.309 e. The summed E-state index contributed by atoms with van der Waals surface area (Å²) in [7, 11) is 0. The lowest BCUT2D eigenvalue weighted by Crippen LogP contribution is -2.40. The summed E-state index contributed by atoms with van der Waals surface area (Å²) >= 11 is 0. The number of carbonyl (C=O) groups is 2. The quantitative estimate of drug-likeness (QED) is 0.849. The Morgan fingerprint density at radius 2 is 1.62 bits per heavy atom. The van der Waals surface area contributed by atoms with E-state index in [-0.39, 0.29) is 6.04 Å². The van der Waals surface area contributed by atoms with Crippen molar-refractivity contribution in [2.24, 2.45) is 0 Å². The summed E-state index contributed by atoms with van der Waals surface area (Å²) in [4.78, 5) is 27.9. The molecule has 0 saturated carbocycles. The van der Waals surface area contributed by atoms with E-state index in [2.05, 4.69) is 34.7 Å². The second-order valence-corrected chi connectivity index (χ2v) is 6.03. The molecule has 1 unspecified atom stereocenters. The van der Waals surface area contributed by atoms with Crippen LogP contribution in [0.15, 0.2) is 36.7 Å². The lowest BCUT2D eigenvalue weighted by molar-refractivity contribution is -0.139. The molecule has 5 heteroatoms. The molecule has 126 valence electrons. The van der Waals surface area contributed by atoms with Crippen molar-refractivity contribution in [3.05, 3.63) is 64.5 Å². The van der Waals surface area contributed by atoms with Crippen LogP contribution in [0.3, 0.4) is 0 Å². The maximum atomic E-state index is 12.1. The van der Waals surface area contributed by atoms with Crippen molar-refractivity contribution in [3.8, 4) is 0 Å². The molecule has 0 saturated heterocycles. The molecule has 0 aliphatic rings. The number of aryl methyl sites for hydroxylation is 3. The average molecular weight is 325 g/mol. The summed E-state index contributed by atoms with van der Waals surface area (Å²) in [5.41, 5.74) is 5.39. The summed E-state index contributed by atoms with van der Waals surface area (Å²) in [6, 6.07) is 7.50. The molecule has 0 fully saturated rings. The minimum Gasteiger partial charge on any atom is -0.344 e. The highest BCUT2D eigenvalue weighted by atomic mass is 16.2. The third kappa shape index (κ3) is 4.41. The Balaban J connectivity index is 1.96. The van der Waals surface area contributed by atoms with E-state index in [4.69, 9.17) is 0 Å². The Morgan fingerprint density at radius 3 is 2.29 bits per heavy atom. The van der Waals surface area contributed by atoms with E-state index in [0.717, 1.165) is 16.7 Å². The first-order chi connectivity index (χ1) is 11.4. The number of hydrogen-bond acceptors (Lipinski definition) is 3. The Bertz CT molecular complexity index is 742. The molecule has 2 aromatic rings. The van der Waals surface area contributed by atoms with E-state index in [0.29, 0.717) is 6.54 Å². The van der Waals surface area contributed by atoms with Crippen molar-refractivity contribution in [1.82, 2.24) is 15.6 Å². The molecule has 0 radical (unpaired) electrons. The van der Waals surface area contributed by atoms with Gasteiger partial charge in [-0.25, -0.2) is 0 Å². The molecule has 2 amide bonds. The molecule has 1 aromatic carbocycles. The molecule has 0 aliphatic heterocycles. The summed E-state index contributed by atoms with van der Waals surface area (Å²) in [6.07, 6.45) is 3.29. The van der Waals surface area contributed by atoms with E-state index >= 15 is 0 Å². The van der Waals surface area contributed by atoms with Crippen molar-refractivity contribution in [2.75, 3.05) is 0 Å². The van der Waals surface area contributed by atoms with Gasteiger partial charge >= 0.3 is 11.8 Å². The van der Waals surface area contributed by atoms with Gasteiger partial charge < -0.3 is 10.6 Å². The Labute approximate surface area is 142 Å². The monoisotopic (exact) mass is 325 g/mol. The Kier molecular flexibility index (Phi) is 5.68. The molecular weight excluding hydrogens is 302 g/mol. The SMILES string of the molecule is Cc1cc(C)c(C(C)NC(=O)C(=O)NCc2ccncc2)cc1C. The number of nitrogens with zero attached hydrogens (tertiary/aromatic N) is 1. The van der Waals surface area contributed by atoms with Crippen LogP contribution < -0.4 is 10.6 Å². The topological polar surface area (TPSA) is 71.1 Å². The fourth-order valence-electron chi connectivity index (χ4n) is 2.55. The second kappa shape index (κ2) is 7.73. The first kappa shape index (κ1) is 17.7.